The zero-order valence-corrected chi connectivity index (χ0v) is 10.9. The van der Waals surface area contributed by atoms with E-state index in [4.69, 9.17) is 21.6 Å². The molecule has 106 valence electrons. The van der Waals surface area contributed by atoms with Crippen molar-refractivity contribution < 1.29 is 18.4 Å². The molecule has 0 aliphatic rings. The highest BCUT2D eigenvalue weighted by Crippen LogP contribution is 2.35. The molecule has 0 unspecified atom stereocenters. The van der Waals surface area contributed by atoms with Crippen LogP contribution in [0.4, 0.5) is 14.5 Å². The highest BCUT2D eigenvalue weighted by molar-refractivity contribution is 6.30. The first-order chi connectivity index (χ1) is 9.92. The average molecular weight is 311 g/mol. The number of hydrogen-bond donors (Lipinski definition) is 0. The lowest BCUT2D eigenvalue weighted by atomic mass is 10.2. The first-order valence-electron chi connectivity index (χ1n) is 5.43. The second-order valence-corrected chi connectivity index (χ2v) is 4.29. The third-order valence-corrected chi connectivity index (χ3v) is 2.69. The minimum absolute atomic E-state index is 0.0785. The van der Waals surface area contributed by atoms with Crippen molar-refractivity contribution in [1.29, 1.82) is 5.26 Å². The van der Waals surface area contributed by atoms with Gasteiger partial charge in [0, 0.05) is 11.1 Å². The first-order valence-corrected chi connectivity index (χ1v) is 5.81. The van der Waals surface area contributed by atoms with Crippen LogP contribution in [0.15, 0.2) is 30.3 Å². The van der Waals surface area contributed by atoms with Crippen LogP contribution in [0.25, 0.3) is 0 Å². The van der Waals surface area contributed by atoms with Gasteiger partial charge in [-0.1, -0.05) is 11.6 Å². The number of nitro benzene ring substituents is 1. The van der Waals surface area contributed by atoms with E-state index in [0.29, 0.717) is 0 Å². The molecule has 0 N–H and O–H groups in total. The first kappa shape index (κ1) is 14.7. The Kier molecular flexibility index (Phi) is 4.00. The molecule has 0 aromatic heterocycles. The van der Waals surface area contributed by atoms with Crippen LogP contribution in [0, 0.1) is 33.1 Å². The van der Waals surface area contributed by atoms with Gasteiger partial charge in [0.25, 0.3) is 0 Å². The number of rotatable bonds is 3. The lowest BCUT2D eigenvalue weighted by molar-refractivity contribution is -0.385. The maximum Gasteiger partial charge on any atom is 0.313 e. The fourth-order valence-corrected chi connectivity index (χ4v) is 1.72. The summed E-state index contributed by atoms with van der Waals surface area (Å²) in [5.41, 5.74) is -0.770. The molecule has 0 saturated heterocycles. The second-order valence-electron chi connectivity index (χ2n) is 3.85. The molecule has 0 amide bonds. The van der Waals surface area contributed by atoms with Crippen molar-refractivity contribution in [2.24, 2.45) is 0 Å². The van der Waals surface area contributed by atoms with Crippen LogP contribution in [-0.2, 0) is 0 Å². The SMILES string of the molecule is N#Cc1cc(F)c(Oc2ccc(Cl)cc2[N+](=O)[O-])c(F)c1. The van der Waals surface area contributed by atoms with Crippen LogP contribution in [0.3, 0.4) is 0 Å². The molecular weight excluding hydrogens is 306 g/mol. The van der Waals surface area contributed by atoms with Crippen LogP contribution in [0.2, 0.25) is 5.02 Å². The molecule has 2 aromatic carbocycles. The van der Waals surface area contributed by atoms with Crippen LogP contribution < -0.4 is 4.74 Å². The van der Waals surface area contributed by atoms with Crippen molar-refractivity contribution in [3.05, 3.63) is 62.7 Å². The summed E-state index contributed by atoms with van der Waals surface area (Å²) in [5.74, 6) is -3.49. The predicted octanol–water partition coefficient (Wildman–Crippen LogP) is 4.19. The molecule has 0 bridgehead atoms. The van der Waals surface area contributed by atoms with Gasteiger partial charge in [-0.2, -0.15) is 5.26 Å². The van der Waals surface area contributed by atoms with Gasteiger partial charge in [0.1, 0.15) is 0 Å². The number of halogens is 3. The van der Waals surface area contributed by atoms with E-state index in [0.717, 1.165) is 24.3 Å². The molecular formula is C13H5ClF2N2O3. The molecule has 0 radical (unpaired) electrons. The van der Waals surface area contributed by atoms with Gasteiger partial charge in [0.05, 0.1) is 16.6 Å². The van der Waals surface area contributed by atoms with E-state index in [9.17, 15) is 18.9 Å². The van der Waals surface area contributed by atoms with Crippen molar-refractivity contribution in [3.63, 3.8) is 0 Å². The summed E-state index contributed by atoms with van der Waals surface area (Å²) < 4.78 is 32.3. The van der Waals surface area contributed by atoms with Gasteiger partial charge in [-0.25, -0.2) is 8.78 Å². The highest BCUT2D eigenvalue weighted by Gasteiger charge is 2.20. The summed E-state index contributed by atoms with van der Waals surface area (Å²) >= 11 is 5.62. The maximum absolute atomic E-state index is 13.7. The van der Waals surface area contributed by atoms with E-state index >= 15 is 0 Å². The Hall–Kier alpha value is -2.72. The molecule has 21 heavy (non-hydrogen) atoms. The Bertz CT molecular complexity index is 751. The number of benzene rings is 2. The largest absolute Gasteiger partial charge is 0.444 e. The van der Waals surface area contributed by atoms with Gasteiger partial charge < -0.3 is 4.74 Å². The molecule has 0 atom stereocenters. The molecule has 0 spiro atoms. The number of nitro groups is 1. The average Bonchev–Trinajstić information content (AvgIpc) is 2.43. The zero-order valence-electron chi connectivity index (χ0n) is 10.1. The van der Waals surface area contributed by atoms with Crippen molar-refractivity contribution >= 4 is 17.3 Å². The Morgan fingerprint density at radius 1 is 1.24 bits per heavy atom. The van der Waals surface area contributed by atoms with Gasteiger partial charge in [-0.15, -0.1) is 0 Å². The van der Waals surface area contributed by atoms with Crippen molar-refractivity contribution in [1.82, 2.24) is 0 Å². The fourth-order valence-electron chi connectivity index (χ4n) is 1.55. The third kappa shape index (κ3) is 3.07. The van der Waals surface area contributed by atoms with Crippen LogP contribution in [0.1, 0.15) is 5.56 Å². The Balaban J connectivity index is 2.49. The summed E-state index contributed by atoms with van der Waals surface area (Å²) in [6.45, 7) is 0. The normalized spacial score (nSPS) is 10.0. The Morgan fingerprint density at radius 2 is 1.86 bits per heavy atom. The number of hydrogen-bond acceptors (Lipinski definition) is 4. The van der Waals surface area contributed by atoms with Gasteiger partial charge >= 0.3 is 5.69 Å². The molecule has 5 nitrogen and oxygen atoms in total. The molecule has 0 fully saturated rings. The van der Waals surface area contributed by atoms with Crippen LogP contribution in [0.5, 0.6) is 11.5 Å². The lowest BCUT2D eigenvalue weighted by Gasteiger charge is -2.08. The standard InChI is InChI=1S/C13H5ClF2N2O3/c14-8-1-2-12(11(5-8)18(19)20)21-13-9(15)3-7(6-17)4-10(13)16/h1-5H. The van der Waals surface area contributed by atoms with Crippen LogP contribution in [-0.4, -0.2) is 4.92 Å². The fraction of sp³-hybridized carbons (Fsp3) is 0. The van der Waals surface area contributed by atoms with Crippen molar-refractivity contribution in [2.75, 3.05) is 0 Å². The Morgan fingerprint density at radius 3 is 2.38 bits per heavy atom. The van der Waals surface area contributed by atoms with E-state index < -0.39 is 28.0 Å². The zero-order chi connectivity index (χ0) is 15.6. The highest BCUT2D eigenvalue weighted by atomic mass is 35.5. The summed E-state index contributed by atoms with van der Waals surface area (Å²) in [7, 11) is 0. The van der Waals surface area contributed by atoms with Gasteiger partial charge in [-0.3, -0.25) is 10.1 Å². The van der Waals surface area contributed by atoms with Gasteiger partial charge in [0.15, 0.2) is 17.4 Å². The van der Waals surface area contributed by atoms with Gasteiger partial charge in [0.2, 0.25) is 5.75 Å². The summed E-state index contributed by atoms with van der Waals surface area (Å²) in [6.07, 6.45) is 0. The topological polar surface area (TPSA) is 76.2 Å². The van der Waals surface area contributed by atoms with Crippen molar-refractivity contribution in [3.8, 4) is 17.6 Å². The maximum atomic E-state index is 13.7. The number of nitriles is 1. The minimum Gasteiger partial charge on any atom is -0.444 e. The van der Waals surface area contributed by atoms with E-state index in [2.05, 4.69) is 0 Å². The summed E-state index contributed by atoms with van der Waals surface area (Å²) in [5, 5.41) is 19.5. The van der Waals surface area contributed by atoms with Crippen molar-refractivity contribution in [2.45, 2.75) is 0 Å². The van der Waals surface area contributed by atoms with E-state index in [-0.39, 0.29) is 16.3 Å². The monoisotopic (exact) mass is 310 g/mol. The minimum atomic E-state index is -1.14. The molecule has 0 heterocycles. The van der Waals surface area contributed by atoms with Gasteiger partial charge in [-0.05, 0) is 24.3 Å². The molecule has 8 heteroatoms. The Labute approximate surface area is 122 Å². The van der Waals surface area contributed by atoms with Crippen LogP contribution >= 0.6 is 11.6 Å². The molecule has 2 aromatic rings. The molecule has 2 rings (SSSR count). The molecule has 0 aliphatic carbocycles. The summed E-state index contributed by atoms with van der Waals surface area (Å²) in [6, 6.07) is 6.50. The van der Waals surface area contributed by atoms with E-state index in [1.54, 1.807) is 6.07 Å². The third-order valence-electron chi connectivity index (χ3n) is 2.46. The summed E-state index contributed by atoms with van der Waals surface area (Å²) in [4.78, 5) is 10.1. The predicted molar refractivity (Wildman–Crippen MR) is 69.3 cm³/mol. The van der Waals surface area contributed by atoms with E-state index in [1.165, 1.54) is 6.07 Å². The number of nitrogens with zero attached hydrogens (tertiary/aromatic N) is 2. The van der Waals surface area contributed by atoms with E-state index in [1.807, 2.05) is 0 Å². The second kappa shape index (κ2) is 5.73. The smallest absolute Gasteiger partial charge is 0.313 e. The molecule has 0 saturated carbocycles. The quantitative estimate of drug-likeness (QED) is 0.629. The lowest BCUT2D eigenvalue weighted by Crippen LogP contribution is -1.97. The molecule has 0 aliphatic heterocycles. The number of ether oxygens (including phenoxy) is 1.